The highest BCUT2D eigenvalue weighted by molar-refractivity contribution is 5.99. The Bertz CT molecular complexity index is 709. The first-order valence-electron chi connectivity index (χ1n) is 6.41. The van der Waals surface area contributed by atoms with Gasteiger partial charge in [-0.25, -0.2) is 0 Å². The van der Waals surface area contributed by atoms with Crippen LogP contribution >= 0.6 is 0 Å². The minimum Gasteiger partial charge on any atom is -0.315 e. The molecule has 1 aliphatic carbocycles. The number of hydrogen-bond acceptors (Lipinski definition) is 3. The molecule has 1 aliphatic rings. The molecule has 0 atom stereocenters. The van der Waals surface area contributed by atoms with Gasteiger partial charge < -0.3 is 9.88 Å². The lowest BCUT2D eigenvalue weighted by Gasteiger charge is -2.04. The lowest BCUT2D eigenvalue weighted by molar-refractivity contribution is -0.116. The second-order valence-corrected chi connectivity index (χ2v) is 5.21. The van der Waals surface area contributed by atoms with Crippen molar-refractivity contribution >= 4 is 22.6 Å². The van der Waals surface area contributed by atoms with Crippen LogP contribution in [0.2, 0.25) is 0 Å². The van der Waals surface area contributed by atoms with E-state index < -0.39 is 0 Å². The summed E-state index contributed by atoms with van der Waals surface area (Å²) in [6.07, 6.45) is 2.76. The summed E-state index contributed by atoms with van der Waals surface area (Å²) in [5.41, 5.74) is 1.35. The molecule has 3 rings (SSSR count). The van der Waals surface area contributed by atoms with Crippen molar-refractivity contribution < 1.29 is 4.79 Å². The van der Waals surface area contributed by atoms with E-state index in [9.17, 15) is 9.59 Å². The molecule has 1 fully saturated rings. The van der Waals surface area contributed by atoms with E-state index in [-0.39, 0.29) is 11.5 Å². The van der Waals surface area contributed by atoms with Gasteiger partial charge in [0.2, 0.25) is 5.91 Å². The highest BCUT2D eigenvalue weighted by Crippen LogP contribution is 2.32. The second-order valence-electron chi connectivity index (χ2n) is 5.21. The Hall–Kier alpha value is -2.11. The van der Waals surface area contributed by atoms with Gasteiger partial charge in [-0.15, -0.1) is 0 Å². The highest BCUT2D eigenvalue weighted by atomic mass is 16.2. The number of anilines is 1. The molecule has 0 saturated heterocycles. The molecule has 2 N–H and O–H groups in total. The standard InChI is InChI=1S/C13H16N4O2/c1-7-5-9-11(13(19)17(7)2)12(16-15-9)14-10(18)6-8-3-4-8/h5,8H,3-4,6H2,1-2H3,(H2,14,15,16,18). The average molecular weight is 260 g/mol. The van der Waals surface area contributed by atoms with Crippen LogP contribution in [0.3, 0.4) is 0 Å². The molecule has 2 heterocycles. The fourth-order valence-corrected chi connectivity index (χ4v) is 2.17. The number of aromatic nitrogens is 3. The fraction of sp³-hybridized carbons (Fsp3) is 0.462. The quantitative estimate of drug-likeness (QED) is 0.873. The number of H-pyrrole nitrogens is 1. The van der Waals surface area contributed by atoms with Crippen molar-refractivity contribution in [2.45, 2.75) is 26.2 Å². The maximum atomic E-state index is 12.2. The summed E-state index contributed by atoms with van der Waals surface area (Å²) in [6, 6.07) is 1.85. The normalized spacial score (nSPS) is 14.8. The highest BCUT2D eigenvalue weighted by Gasteiger charge is 2.25. The smallest absolute Gasteiger partial charge is 0.263 e. The number of carbonyl (C=O) groups is 1. The van der Waals surface area contributed by atoms with Gasteiger partial charge in [-0.2, -0.15) is 5.10 Å². The number of fused-ring (bicyclic) bond motifs is 1. The first kappa shape index (κ1) is 12.0. The number of carbonyl (C=O) groups excluding carboxylic acids is 1. The first-order chi connectivity index (χ1) is 9.06. The Morgan fingerprint density at radius 1 is 1.58 bits per heavy atom. The molecule has 19 heavy (non-hydrogen) atoms. The van der Waals surface area contributed by atoms with Crippen molar-refractivity contribution in [3.63, 3.8) is 0 Å². The number of aryl methyl sites for hydroxylation is 1. The molecular formula is C13H16N4O2. The molecular weight excluding hydrogens is 244 g/mol. The summed E-state index contributed by atoms with van der Waals surface area (Å²) in [7, 11) is 1.71. The number of nitrogens with one attached hydrogen (secondary N) is 2. The van der Waals surface area contributed by atoms with Crippen LogP contribution in [0.1, 0.15) is 25.0 Å². The van der Waals surface area contributed by atoms with Crippen LogP contribution in [0.15, 0.2) is 10.9 Å². The van der Waals surface area contributed by atoms with E-state index in [1.54, 1.807) is 11.6 Å². The minimum absolute atomic E-state index is 0.0708. The van der Waals surface area contributed by atoms with Crippen molar-refractivity contribution in [2.75, 3.05) is 5.32 Å². The maximum absolute atomic E-state index is 12.2. The van der Waals surface area contributed by atoms with Gasteiger partial charge in [0.25, 0.3) is 5.56 Å². The van der Waals surface area contributed by atoms with Crippen LogP contribution in [0.4, 0.5) is 5.82 Å². The van der Waals surface area contributed by atoms with Crippen LogP contribution in [-0.2, 0) is 11.8 Å². The number of amides is 1. The minimum atomic E-state index is -0.148. The summed E-state index contributed by atoms with van der Waals surface area (Å²) in [5.74, 6) is 0.773. The largest absolute Gasteiger partial charge is 0.315 e. The molecule has 0 bridgehead atoms. The number of hydrogen-bond donors (Lipinski definition) is 2. The van der Waals surface area contributed by atoms with E-state index >= 15 is 0 Å². The molecule has 0 aromatic carbocycles. The average Bonchev–Trinajstić information content (AvgIpc) is 3.08. The number of aromatic amines is 1. The Balaban J connectivity index is 1.97. The van der Waals surface area contributed by atoms with E-state index in [1.165, 1.54) is 0 Å². The number of nitrogens with zero attached hydrogens (tertiary/aromatic N) is 2. The Labute approximate surface area is 109 Å². The molecule has 0 radical (unpaired) electrons. The summed E-state index contributed by atoms with van der Waals surface area (Å²) in [5, 5.41) is 10.0. The molecule has 2 aromatic rings. The monoisotopic (exact) mass is 260 g/mol. The number of pyridine rings is 1. The van der Waals surface area contributed by atoms with Crippen molar-refractivity contribution in [1.82, 2.24) is 14.8 Å². The maximum Gasteiger partial charge on any atom is 0.263 e. The molecule has 1 saturated carbocycles. The van der Waals surface area contributed by atoms with Gasteiger partial charge >= 0.3 is 0 Å². The summed E-state index contributed by atoms with van der Waals surface area (Å²) >= 11 is 0. The zero-order chi connectivity index (χ0) is 13.6. The van der Waals surface area contributed by atoms with Crippen molar-refractivity contribution in [2.24, 2.45) is 13.0 Å². The summed E-state index contributed by atoms with van der Waals surface area (Å²) < 4.78 is 1.55. The SMILES string of the molecule is Cc1cc2[nH]nc(NC(=O)CC3CC3)c2c(=O)n1C. The topological polar surface area (TPSA) is 79.8 Å². The van der Waals surface area contributed by atoms with Crippen LogP contribution in [-0.4, -0.2) is 20.7 Å². The van der Waals surface area contributed by atoms with E-state index in [1.807, 2.05) is 13.0 Å². The summed E-state index contributed by atoms with van der Waals surface area (Å²) in [6.45, 7) is 1.85. The van der Waals surface area contributed by atoms with Gasteiger partial charge in [0.15, 0.2) is 5.82 Å². The Morgan fingerprint density at radius 2 is 2.32 bits per heavy atom. The molecule has 0 spiro atoms. The van der Waals surface area contributed by atoms with E-state index in [0.717, 1.165) is 18.5 Å². The predicted molar refractivity (Wildman–Crippen MR) is 72.0 cm³/mol. The van der Waals surface area contributed by atoms with Crippen LogP contribution in [0.5, 0.6) is 0 Å². The fourth-order valence-electron chi connectivity index (χ4n) is 2.17. The van der Waals surface area contributed by atoms with Gasteiger partial charge in [0.05, 0.1) is 5.52 Å². The van der Waals surface area contributed by atoms with Crippen LogP contribution in [0.25, 0.3) is 10.9 Å². The van der Waals surface area contributed by atoms with E-state index in [0.29, 0.717) is 29.1 Å². The van der Waals surface area contributed by atoms with Gasteiger partial charge in [0, 0.05) is 19.2 Å². The summed E-state index contributed by atoms with van der Waals surface area (Å²) in [4.78, 5) is 24.0. The van der Waals surface area contributed by atoms with E-state index in [2.05, 4.69) is 15.5 Å². The lowest BCUT2D eigenvalue weighted by atomic mass is 10.2. The third kappa shape index (κ3) is 2.14. The first-order valence-corrected chi connectivity index (χ1v) is 6.41. The third-order valence-corrected chi connectivity index (χ3v) is 3.62. The van der Waals surface area contributed by atoms with Gasteiger partial charge in [0.1, 0.15) is 5.39 Å². The predicted octanol–water partition coefficient (Wildman–Crippen LogP) is 1.31. The molecule has 1 amide bonds. The van der Waals surface area contributed by atoms with Crippen molar-refractivity contribution in [3.8, 4) is 0 Å². The van der Waals surface area contributed by atoms with Crippen LogP contribution < -0.4 is 10.9 Å². The lowest BCUT2D eigenvalue weighted by Crippen LogP contribution is -2.20. The molecule has 0 unspecified atom stereocenters. The molecule has 0 aliphatic heterocycles. The molecule has 6 heteroatoms. The van der Waals surface area contributed by atoms with Crippen molar-refractivity contribution in [3.05, 3.63) is 22.1 Å². The zero-order valence-electron chi connectivity index (χ0n) is 11.0. The Morgan fingerprint density at radius 3 is 3.00 bits per heavy atom. The van der Waals surface area contributed by atoms with Crippen LogP contribution in [0, 0.1) is 12.8 Å². The third-order valence-electron chi connectivity index (χ3n) is 3.62. The second kappa shape index (κ2) is 4.22. The molecule has 2 aromatic heterocycles. The molecule has 6 nitrogen and oxygen atoms in total. The number of rotatable bonds is 3. The van der Waals surface area contributed by atoms with E-state index in [4.69, 9.17) is 0 Å². The Kier molecular flexibility index (Phi) is 2.66. The van der Waals surface area contributed by atoms with Crippen molar-refractivity contribution in [1.29, 1.82) is 0 Å². The van der Waals surface area contributed by atoms with Gasteiger partial charge in [-0.3, -0.25) is 14.7 Å². The van der Waals surface area contributed by atoms with Gasteiger partial charge in [-0.05, 0) is 31.7 Å². The van der Waals surface area contributed by atoms with Gasteiger partial charge in [-0.1, -0.05) is 0 Å². The molecule has 100 valence electrons. The zero-order valence-corrected chi connectivity index (χ0v) is 11.0.